The third kappa shape index (κ3) is 1.51. The van der Waals surface area contributed by atoms with Crippen molar-refractivity contribution in [2.24, 2.45) is 0 Å². The Hall–Kier alpha value is -1.00. The number of alkyl halides is 1. The monoisotopic (exact) mass is 227 g/mol. The van der Waals surface area contributed by atoms with E-state index in [2.05, 4.69) is 17.6 Å². The first-order valence-electron chi connectivity index (χ1n) is 3.90. The average Bonchev–Trinajstić information content (AvgIpc) is 2.62. The van der Waals surface area contributed by atoms with Gasteiger partial charge >= 0.3 is 0 Å². The second kappa shape index (κ2) is 3.63. The number of rotatable bonds is 2. The van der Waals surface area contributed by atoms with E-state index in [0.717, 1.165) is 0 Å². The summed E-state index contributed by atoms with van der Waals surface area (Å²) in [6.45, 7) is 0. The quantitative estimate of drug-likeness (QED) is 0.487. The summed E-state index contributed by atoms with van der Waals surface area (Å²) in [5, 5.41) is 0. The Labute approximate surface area is 90.5 Å². The highest BCUT2D eigenvalue weighted by atomic mass is 35.5. The molecule has 0 aliphatic heterocycles. The van der Waals surface area contributed by atoms with E-state index in [-0.39, 0.29) is 17.6 Å². The van der Waals surface area contributed by atoms with Gasteiger partial charge in [0.2, 0.25) is 5.78 Å². The van der Waals surface area contributed by atoms with Crippen LogP contribution in [-0.4, -0.2) is 16.6 Å². The minimum absolute atomic E-state index is 0.0384. The molecule has 14 heavy (non-hydrogen) atoms. The minimum atomic E-state index is -0.324. The standard InChI is InChI=1S/C9H6ClNO2S/c10-4-5(12)9-11-8-6(13-9)2-1-3-7(8)14/h1-3,14H,4H2. The molecule has 0 saturated heterocycles. The number of hydrogen-bond acceptors (Lipinski definition) is 4. The van der Waals surface area contributed by atoms with E-state index in [0.29, 0.717) is 16.0 Å². The highest BCUT2D eigenvalue weighted by Crippen LogP contribution is 2.22. The number of nitrogens with zero attached hydrogens (tertiary/aromatic N) is 1. The van der Waals surface area contributed by atoms with Crippen LogP contribution in [0.1, 0.15) is 10.7 Å². The average molecular weight is 228 g/mol. The van der Waals surface area contributed by atoms with Crippen LogP contribution in [0.4, 0.5) is 0 Å². The fourth-order valence-corrected chi connectivity index (χ4v) is 1.47. The molecule has 1 aromatic carbocycles. The number of carbonyl (C=O) groups excluding carboxylic acids is 1. The first kappa shape index (κ1) is 9.55. The molecule has 0 radical (unpaired) electrons. The van der Waals surface area contributed by atoms with Crippen LogP contribution in [0.2, 0.25) is 0 Å². The summed E-state index contributed by atoms with van der Waals surface area (Å²) >= 11 is 9.58. The van der Waals surface area contributed by atoms with Crippen molar-refractivity contribution in [2.45, 2.75) is 4.90 Å². The molecule has 1 heterocycles. The zero-order valence-electron chi connectivity index (χ0n) is 7.03. The van der Waals surface area contributed by atoms with Gasteiger partial charge in [0, 0.05) is 4.90 Å². The van der Waals surface area contributed by atoms with Crippen molar-refractivity contribution in [1.82, 2.24) is 4.98 Å². The molecule has 0 saturated carbocycles. The molecule has 0 unspecified atom stereocenters. The molecule has 1 aromatic heterocycles. The molecule has 0 atom stereocenters. The van der Waals surface area contributed by atoms with E-state index >= 15 is 0 Å². The number of halogens is 1. The van der Waals surface area contributed by atoms with Crippen molar-refractivity contribution in [2.75, 3.05) is 5.88 Å². The smallest absolute Gasteiger partial charge is 0.265 e. The van der Waals surface area contributed by atoms with E-state index in [1.807, 2.05) is 0 Å². The van der Waals surface area contributed by atoms with Crippen molar-refractivity contribution in [1.29, 1.82) is 0 Å². The predicted octanol–water partition coefficient (Wildman–Crippen LogP) is 2.54. The van der Waals surface area contributed by atoms with Gasteiger partial charge in [0.15, 0.2) is 5.58 Å². The fourth-order valence-electron chi connectivity index (χ4n) is 1.11. The summed E-state index contributed by atoms with van der Waals surface area (Å²) in [4.78, 5) is 15.9. The number of Topliss-reactive ketones (excluding diaryl/α,β-unsaturated/α-hetero) is 1. The maximum Gasteiger partial charge on any atom is 0.265 e. The summed E-state index contributed by atoms with van der Waals surface area (Å²) in [6.07, 6.45) is 0. The number of fused-ring (bicyclic) bond motifs is 1. The highest BCUT2D eigenvalue weighted by Gasteiger charge is 2.13. The summed E-state index contributed by atoms with van der Waals surface area (Å²) < 4.78 is 5.21. The highest BCUT2D eigenvalue weighted by molar-refractivity contribution is 7.80. The first-order valence-corrected chi connectivity index (χ1v) is 4.88. The molecule has 3 nitrogen and oxygen atoms in total. The molecule has 0 spiro atoms. The number of ketones is 1. The topological polar surface area (TPSA) is 43.1 Å². The van der Waals surface area contributed by atoms with Gasteiger partial charge in [-0.2, -0.15) is 0 Å². The van der Waals surface area contributed by atoms with Crippen LogP contribution in [0, 0.1) is 0 Å². The van der Waals surface area contributed by atoms with Gasteiger partial charge in [-0.25, -0.2) is 4.98 Å². The normalized spacial score (nSPS) is 10.7. The summed E-state index contributed by atoms with van der Waals surface area (Å²) in [6, 6.07) is 5.29. The molecule has 0 aliphatic rings. The van der Waals surface area contributed by atoms with Crippen LogP contribution in [0.25, 0.3) is 11.1 Å². The van der Waals surface area contributed by atoms with Gasteiger partial charge in [-0.05, 0) is 12.1 Å². The van der Waals surface area contributed by atoms with E-state index in [1.165, 1.54) is 0 Å². The maximum atomic E-state index is 11.2. The van der Waals surface area contributed by atoms with Crippen molar-refractivity contribution < 1.29 is 9.21 Å². The Morgan fingerprint density at radius 3 is 3.00 bits per heavy atom. The SMILES string of the molecule is O=C(CCl)c1nc2c(S)cccc2o1. The Bertz CT molecular complexity index is 495. The number of aromatic nitrogens is 1. The minimum Gasteiger partial charge on any atom is -0.434 e. The van der Waals surface area contributed by atoms with Gasteiger partial charge in [-0.1, -0.05) is 6.07 Å². The largest absolute Gasteiger partial charge is 0.434 e. The van der Waals surface area contributed by atoms with E-state index in [1.54, 1.807) is 18.2 Å². The maximum absolute atomic E-state index is 11.2. The van der Waals surface area contributed by atoms with Crippen molar-refractivity contribution >= 4 is 41.1 Å². The Morgan fingerprint density at radius 1 is 1.57 bits per heavy atom. The Balaban J connectivity index is 2.62. The van der Waals surface area contributed by atoms with Gasteiger partial charge in [0.25, 0.3) is 5.89 Å². The molecule has 0 aliphatic carbocycles. The third-order valence-corrected chi connectivity index (χ3v) is 2.36. The lowest BCUT2D eigenvalue weighted by Gasteiger charge is -1.87. The van der Waals surface area contributed by atoms with Crippen LogP contribution >= 0.6 is 24.2 Å². The summed E-state index contributed by atoms with van der Waals surface area (Å²) in [5.74, 6) is -0.415. The number of thiol groups is 1. The zero-order valence-corrected chi connectivity index (χ0v) is 8.68. The van der Waals surface area contributed by atoms with Crippen molar-refractivity contribution in [3.8, 4) is 0 Å². The summed E-state index contributed by atoms with van der Waals surface area (Å²) in [7, 11) is 0. The second-order valence-corrected chi connectivity index (χ2v) is 3.45. The van der Waals surface area contributed by atoms with Crippen LogP contribution in [-0.2, 0) is 0 Å². The van der Waals surface area contributed by atoms with Crippen molar-refractivity contribution in [3.63, 3.8) is 0 Å². The van der Waals surface area contributed by atoms with Crippen LogP contribution in [0.3, 0.4) is 0 Å². The lowest BCUT2D eigenvalue weighted by molar-refractivity contribution is 0.0986. The van der Waals surface area contributed by atoms with E-state index in [4.69, 9.17) is 16.0 Å². The van der Waals surface area contributed by atoms with Crippen LogP contribution in [0.15, 0.2) is 27.5 Å². The molecule has 2 rings (SSSR count). The van der Waals surface area contributed by atoms with Gasteiger partial charge in [-0.3, -0.25) is 4.79 Å². The molecular weight excluding hydrogens is 222 g/mol. The number of benzene rings is 1. The Morgan fingerprint density at radius 2 is 2.36 bits per heavy atom. The predicted molar refractivity (Wildman–Crippen MR) is 56.3 cm³/mol. The molecule has 2 aromatic rings. The van der Waals surface area contributed by atoms with E-state index < -0.39 is 0 Å². The number of oxazole rings is 1. The molecule has 0 bridgehead atoms. The molecule has 0 fully saturated rings. The number of para-hydroxylation sites is 1. The molecule has 5 heteroatoms. The van der Waals surface area contributed by atoms with Crippen LogP contribution < -0.4 is 0 Å². The summed E-state index contributed by atoms with van der Waals surface area (Å²) in [5.41, 5.74) is 1.13. The lowest BCUT2D eigenvalue weighted by atomic mass is 10.3. The van der Waals surface area contributed by atoms with Gasteiger partial charge in [0.05, 0.1) is 5.88 Å². The fraction of sp³-hybridized carbons (Fsp3) is 0.111. The first-order chi connectivity index (χ1) is 6.72. The van der Waals surface area contributed by atoms with Gasteiger partial charge in [-0.15, -0.1) is 24.2 Å². The second-order valence-electron chi connectivity index (χ2n) is 2.70. The number of hydrogen-bond donors (Lipinski definition) is 1. The van der Waals surface area contributed by atoms with Crippen LogP contribution in [0.5, 0.6) is 0 Å². The third-order valence-electron chi connectivity index (χ3n) is 1.76. The number of carbonyl (C=O) groups is 1. The Kier molecular flexibility index (Phi) is 2.48. The van der Waals surface area contributed by atoms with Gasteiger partial charge < -0.3 is 4.42 Å². The zero-order chi connectivity index (χ0) is 10.1. The molecular formula is C9H6ClNO2S. The molecule has 0 N–H and O–H groups in total. The molecule has 72 valence electrons. The van der Waals surface area contributed by atoms with E-state index in [9.17, 15) is 4.79 Å². The van der Waals surface area contributed by atoms with Gasteiger partial charge in [0.1, 0.15) is 5.52 Å². The molecule has 0 amide bonds. The van der Waals surface area contributed by atoms with Crippen molar-refractivity contribution in [3.05, 3.63) is 24.1 Å². The lowest BCUT2D eigenvalue weighted by Crippen LogP contribution is -1.99.